The highest BCUT2D eigenvalue weighted by Crippen LogP contribution is 2.31. The van der Waals surface area contributed by atoms with Crippen LogP contribution >= 0.6 is 11.8 Å². The molecule has 0 aromatic heterocycles. The fraction of sp³-hybridized carbons (Fsp3) is 0.333. The third-order valence-corrected chi connectivity index (χ3v) is 3.90. The predicted octanol–water partition coefficient (Wildman–Crippen LogP) is 3.01. The maximum Gasteiger partial charge on any atom is 0.266 e. The van der Waals surface area contributed by atoms with Crippen LogP contribution in [-0.2, 0) is 4.79 Å². The number of thioether (sulfide) groups is 1. The highest BCUT2D eigenvalue weighted by molar-refractivity contribution is 8.18. The summed E-state index contributed by atoms with van der Waals surface area (Å²) in [5.41, 5.74) is 0.975. The van der Waals surface area contributed by atoms with Crippen LogP contribution in [0.1, 0.15) is 19.4 Å². The maximum atomic E-state index is 12.0. The SMILES string of the molecule is CN=C1S/C(=C/c2ccc(OC(C)C)cc2)C(=O)N1C. The van der Waals surface area contributed by atoms with Crippen LogP contribution in [0.4, 0.5) is 0 Å². The van der Waals surface area contributed by atoms with E-state index in [-0.39, 0.29) is 12.0 Å². The van der Waals surface area contributed by atoms with Crippen molar-refractivity contribution in [2.75, 3.05) is 14.1 Å². The van der Waals surface area contributed by atoms with Crippen molar-refractivity contribution < 1.29 is 9.53 Å². The molecule has 1 amide bonds. The first kappa shape index (κ1) is 14.7. The highest BCUT2D eigenvalue weighted by atomic mass is 32.2. The second kappa shape index (κ2) is 6.13. The van der Waals surface area contributed by atoms with Crippen molar-refractivity contribution in [1.29, 1.82) is 0 Å². The molecule has 0 saturated carbocycles. The second-order valence-electron chi connectivity index (χ2n) is 4.72. The number of carbonyl (C=O) groups excluding carboxylic acids is 1. The van der Waals surface area contributed by atoms with Crippen molar-refractivity contribution in [2.24, 2.45) is 4.99 Å². The summed E-state index contributed by atoms with van der Waals surface area (Å²) in [4.78, 5) is 18.4. The smallest absolute Gasteiger partial charge is 0.266 e. The van der Waals surface area contributed by atoms with Gasteiger partial charge >= 0.3 is 0 Å². The van der Waals surface area contributed by atoms with Crippen molar-refractivity contribution in [2.45, 2.75) is 20.0 Å². The molecule has 4 nitrogen and oxygen atoms in total. The van der Waals surface area contributed by atoms with E-state index in [2.05, 4.69) is 4.99 Å². The highest BCUT2D eigenvalue weighted by Gasteiger charge is 2.29. The molecule has 1 aromatic carbocycles. The van der Waals surface area contributed by atoms with Crippen LogP contribution in [0, 0.1) is 0 Å². The van der Waals surface area contributed by atoms with E-state index in [1.54, 1.807) is 19.0 Å². The number of amidine groups is 1. The molecule has 1 aliphatic rings. The molecule has 0 N–H and O–H groups in total. The fourth-order valence-corrected chi connectivity index (χ4v) is 2.74. The normalized spacial score (nSPS) is 19.4. The molecular weight excluding hydrogens is 272 g/mol. The van der Waals surface area contributed by atoms with Crippen LogP contribution in [0.15, 0.2) is 34.2 Å². The molecule has 1 fully saturated rings. The minimum atomic E-state index is -0.0156. The van der Waals surface area contributed by atoms with Gasteiger partial charge in [-0.15, -0.1) is 0 Å². The number of ether oxygens (including phenoxy) is 1. The molecule has 20 heavy (non-hydrogen) atoms. The molecular formula is C15H18N2O2S. The number of carbonyl (C=O) groups is 1. The molecule has 2 rings (SSSR count). The van der Waals surface area contributed by atoms with Crippen LogP contribution in [0.5, 0.6) is 5.75 Å². The Hall–Kier alpha value is -1.75. The second-order valence-corrected chi connectivity index (χ2v) is 5.73. The Bertz CT molecular complexity index is 562. The third kappa shape index (κ3) is 3.22. The largest absolute Gasteiger partial charge is 0.491 e. The minimum absolute atomic E-state index is 0.0156. The van der Waals surface area contributed by atoms with Gasteiger partial charge in [-0.3, -0.25) is 14.7 Å². The van der Waals surface area contributed by atoms with E-state index in [1.807, 2.05) is 44.2 Å². The Kier molecular flexibility index (Phi) is 4.49. The summed E-state index contributed by atoms with van der Waals surface area (Å²) in [6.45, 7) is 3.98. The molecule has 0 radical (unpaired) electrons. The summed E-state index contributed by atoms with van der Waals surface area (Å²) in [5.74, 6) is 0.818. The van der Waals surface area contributed by atoms with Crippen molar-refractivity contribution in [3.8, 4) is 5.75 Å². The monoisotopic (exact) mass is 290 g/mol. The van der Waals surface area contributed by atoms with E-state index in [0.717, 1.165) is 16.5 Å². The zero-order valence-electron chi connectivity index (χ0n) is 12.1. The number of amides is 1. The van der Waals surface area contributed by atoms with Gasteiger partial charge in [0, 0.05) is 14.1 Å². The van der Waals surface area contributed by atoms with E-state index >= 15 is 0 Å². The topological polar surface area (TPSA) is 41.9 Å². The van der Waals surface area contributed by atoms with Gasteiger partial charge in [-0.1, -0.05) is 12.1 Å². The first-order valence-electron chi connectivity index (χ1n) is 6.42. The predicted molar refractivity (Wildman–Crippen MR) is 83.9 cm³/mol. The number of nitrogens with zero attached hydrogens (tertiary/aromatic N) is 2. The number of benzene rings is 1. The van der Waals surface area contributed by atoms with Crippen LogP contribution < -0.4 is 4.74 Å². The summed E-state index contributed by atoms with van der Waals surface area (Å²) in [6, 6.07) is 7.71. The Morgan fingerprint density at radius 1 is 1.30 bits per heavy atom. The Labute approximate surface area is 123 Å². The number of hydrogen-bond donors (Lipinski definition) is 0. The zero-order valence-corrected chi connectivity index (χ0v) is 12.9. The van der Waals surface area contributed by atoms with Crippen molar-refractivity contribution >= 4 is 28.9 Å². The van der Waals surface area contributed by atoms with Gasteiger partial charge in [0.25, 0.3) is 5.91 Å². The molecule has 0 aliphatic carbocycles. The standard InChI is InChI=1S/C15H18N2O2S/c1-10(2)19-12-7-5-11(6-8-12)9-13-14(18)17(4)15(16-3)20-13/h5-10H,1-4H3/b13-9+,16-15?. The molecule has 0 spiro atoms. The summed E-state index contributed by atoms with van der Waals surface area (Å²) in [6.07, 6.45) is 2.03. The van der Waals surface area contributed by atoms with E-state index in [4.69, 9.17) is 4.74 Å². The van der Waals surface area contributed by atoms with E-state index < -0.39 is 0 Å². The van der Waals surface area contributed by atoms with Gasteiger partial charge < -0.3 is 4.74 Å². The first-order chi connectivity index (χ1) is 9.51. The molecule has 5 heteroatoms. The summed E-state index contributed by atoms with van der Waals surface area (Å²) in [7, 11) is 3.42. The lowest BCUT2D eigenvalue weighted by Crippen LogP contribution is -2.23. The van der Waals surface area contributed by atoms with Gasteiger partial charge in [0.1, 0.15) is 5.75 Å². The molecule has 1 aliphatic heterocycles. The minimum Gasteiger partial charge on any atom is -0.491 e. The first-order valence-corrected chi connectivity index (χ1v) is 7.24. The van der Waals surface area contributed by atoms with Crippen molar-refractivity contribution in [3.05, 3.63) is 34.7 Å². The van der Waals surface area contributed by atoms with Gasteiger partial charge in [-0.25, -0.2) is 0 Å². The van der Waals surface area contributed by atoms with Gasteiger partial charge in [-0.05, 0) is 49.4 Å². The van der Waals surface area contributed by atoms with E-state index in [9.17, 15) is 4.79 Å². The average molecular weight is 290 g/mol. The molecule has 1 saturated heterocycles. The van der Waals surface area contributed by atoms with Gasteiger partial charge in [0.05, 0.1) is 11.0 Å². The van der Waals surface area contributed by atoms with Gasteiger partial charge in [0.2, 0.25) is 0 Å². The van der Waals surface area contributed by atoms with Crippen LogP contribution in [0.25, 0.3) is 6.08 Å². The summed E-state index contributed by atoms with van der Waals surface area (Å²) >= 11 is 1.39. The summed E-state index contributed by atoms with van der Waals surface area (Å²) < 4.78 is 5.59. The number of rotatable bonds is 3. The lowest BCUT2D eigenvalue weighted by Gasteiger charge is -2.09. The third-order valence-electron chi connectivity index (χ3n) is 2.74. The number of likely N-dealkylation sites (N-methyl/N-ethyl adjacent to an activating group) is 1. The molecule has 1 heterocycles. The van der Waals surface area contributed by atoms with Gasteiger partial charge in [-0.2, -0.15) is 0 Å². The summed E-state index contributed by atoms with van der Waals surface area (Å²) in [5, 5.41) is 0.723. The lowest BCUT2D eigenvalue weighted by atomic mass is 10.2. The Balaban J connectivity index is 2.17. The van der Waals surface area contributed by atoms with Gasteiger partial charge in [0.15, 0.2) is 5.17 Å². The maximum absolute atomic E-state index is 12.0. The van der Waals surface area contributed by atoms with Crippen molar-refractivity contribution in [3.63, 3.8) is 0 Å². The molecule has 0 bridgehead atoms. The van der Waals surface area contributed by atoms with Crippen LogP contribution in [0.2, 0.25) is 0 Å². The average Bonchev–Trinajstić information content (AvgIpc) is 2.68. The number of aliphatic imine (C=N–C) groups is 1. The van der Waals surface area contributed by atoms with Crippen LogP contribution in [-0.4, -0.2) is 36.2 Å². The molecule has 0 atom stereocenters. The number of hydrogen-bond acceptors (Lipinski definition) is 4. The van der Waals surface area contributed by atoms with E-state index in [1.165, 1.54) is 11.8 Å². The van der Waals surface area contributed by atoms with Crippen LogP contribution in [0.3, 0.4) is 0 Å². The quantitative estimate of drug-likeness (QED) is 0.804. The Morgan fingerprint density at radius 3 is 2.45 bits per heavy atom. The Morgan fingerprint density at radius 2 is 1.95 bits per heavy atom. The molecule has 1 aromatic rings. The lowest BCUT2D eigenvalue weighted by molar-refractivity contribution is -0.121. The van der Waals surface area contributed by atoms with Crippen molar-refractivity contribution in [1.82, 2.24) is 4.90 Å². The van der Waals surface area contributed by atoms with E-state index in [0.29, 0.717) is 4.91 Å². The zero-order chi connectivity index (χ0) is 14.7. The molecule has 106 valence electrons. The molecule has 0 unspecified atom stereocenters. The fourth-order valence-electron chi connectivity index (χ4n) is 1.82.